The van der Waals surface area contributed by atoms with Crippen molar-refractivity contribution >= 4 is 17.1 Å². The summed E-state index contributed by atoms with van der Waals surface area (Å²) in [6, 6.07) is 30.6. The van der Waals surface area contributed by atoms with Crippen molar-refractivity contribution in [3.8, 4) is 0 Å². The van der Waals surface area contributed by atoms with Crippen LogP contribution in [0.4, 0.5) is 17.1 Å². The SMILES string of the molecule is CN(C)c1ccccc1.c1ccc(Nc2ccccc2)cc1. The molecule has 0 saturated heterocycles. The summed E-state index contributed by atoms with van der Waals surface area (Å²) >= 11 is 0. The molecule has 0 radical (unpaired) electrons. The smallest absolute Gasteiger partial charge is 0.0384 e. The molecule has 3 aromatic carbocycles. The number of nitrogens with one attached hydrogen (secondary N) is 1. The number of hydrogen-bond acceptors (Lipinski definition) is 2. The van der Waals surface area contributed by atoms with E-state index in [1.807, 2.05) is 93.0 Å². The Morgan fingerprint density at radius 3 is 1.23 bits per heavy atom. The van der Waals surface area contributed by atoms with Crippen LogP contribution in [0.3, 0.4) is 0 Å². The van der Waals surface area contributed by atoms with Gasteiger partial charge in [0.05, 0.1) is 0 Å². The van der Waals surface area contributed by atoms with Gasteiger partial charge in [-0.3, -0.25) is 0 Å². The topological polar surface area (TPSA) is 15.3 Å². The molecule has 1 N–H and O–H groups in total. The van der Waals surface area contributed by atoms with Crippen molar-refractivity contribution in [1.29, 1.82) is 0 Å². The van der Waals surface area contributed by atoms with Gasteiger partial charge in [-0.2, -0.15) is 0 Å². The third-order valence-electron chi connectivity index (χ3n) is 3.11. The van der Waals surface area contributed by atoms with Gasteiger partial charge in [0.2, 0.25) is 0 Å². The highest BCUT2D eigenvalue weighted by Gasteiger charge is 1.90. The third-order valence-corrected chi connectivity index (χ3v) is 3.11. The van der Waals surface area contributed by atoms with E-state index in [9.17, 15) is 0 Å². The maximum Gasteiger partial charge on any atom is 0.0384 e. The van der Waals surface area contributed by atoms with Crippen molar-refractivity contribution < 1.29 is 0 Å². The van der Waals surface area contributed by atoms with Crippen molar-refractivity contribution in [2.45, 2.75) is 0 Å². The highest BCUT2D eigenvalue weighted by Crippen LogP contribution is 2.14. The number of benzene rings is 3. The average Bonchev–Trinajstić information content (AvgIpc) is 2.58. The predicted molar refractivity (Wildman–Crippen MR) is 96.9 cm³/mol. The van der Waals surface area contributed by atoms with Crippen molar-refractivity contribution in [3.63, 3.8) is 0 Å². The molecule has 0 unspecified atom stereocenters. The highest BCUT2D eigenvalue weighted by molar-refractivity contribution is 5.58. The van der Waals surface area contributed by atoms with Crippen LogP contribution in [0, 0.1) is 0 Å². The summed E-state index contributed by atoms with van der Waals surface area (Å²) in [5, 5.41) is 3.30. The lowest BCUT2D eigenvalue weighted by atomic mass is 10.3. The Kier molecular flexibility index (Phi) is 6.06. The fraction of sp³-hybridized carbons (Fsp3) is 0.100. The molecule has 0 saturated carbocycles. The van der Waals surface area contributed by atoms with Gasteiger partial charge in [-0.1, -0.05) is 54.6 Å². The summed E-state index contributed by atoms with van der Waals surface area (Å²) < 4.78 is 0. The molecule has 0 heterocycles. The average molecular weight is 290 g/mol. The van der Waals surface area contributed by atoms with E-state index in [-0.39, 0.29) is 0 Å². The molecule has 0 atom stereocenters. The van der Waals surface area contributed by atoms with Crippen LogP contribution in [0.25, 0.3) is 0 Å². The molecule has 0 amide bonds. The van der Waals surface area contributed by atoms with Crippen LogP contribution in [-0.2, 0) is 0 Å². The first-order valence-corrected chi connectivity index (χ1v) is 7.35. The lowest BCUT2D eigenvalue weighted by Gasteiger charge is -2.10. The number of para-hydroxylation sites is 3. The van der Waals surface area contributed by atoms with Gasteiger partial charge in [-0.25, -0.2) is 0 Å². The molecule has 0 aliphatic carbocycles. The Hall–Kier alpha value is -2.74. The second kappa shape index (κ2) is 8.53. The standard InChI is InChI=1S/C12H11N.C8H11N/c1-3-7-11(8-4-1)13-12-9-5-2-6-10-12;1-9(2)8-6-4-3-5-7-8/h1-10,13H;3-7H,1-2H3. The summed E-state index contributed by atoms with van der Waals surface area (Å²) in [6.45, 7) is 0. The molecule has 22 heavy (non-hydrogen) atoms. The molecular formula is C20H22N2. The van der Waals surface area contributed by atoms with Crippen LogP contribution < -0.4 is 10.2 Å². The summed E-state index contributed by atoms with van der Waals surface area (Å²) in [7, 11) is 4.07. The van der Waals surface area contributed by atoms with E-state index in [0.717, 1.165) is 11.4 Å². The van der Waals surface area contributed by atoms with E-state index in [0.29, 0.717) is 0 Å². The molecule has 0 bridgehead atoms. The first kappa shape index (κ1) is 15.6. The highest BCUT2D eigenvalue weighted by atomic mass is 15.1. The van der Waals surface area contributed by atoms with Crippen molar-refractivity contribution in [3.05, 3.63) is 91.0 Å². The van der Waals surface area contributed by atoms with Crippen molar-refractivity contribution in [2.75, 3.05) is 24.3 Å². The molecule has 3 aromatic rings. The Morgan fingerprint density at radius 2 is 0.909 bits per heavy atom. The Bertz CT molecular complexity index is 597. The van der Waals surface area contributed by atoms with Gasteiger partial charge in [-0.15, -0.1) is 0 Å². The van der Waals surface area contributed by atoms with Gasteiger partial charge in [0.1, 0.15) is 0 Å². The fourth-order valence-corrected chi connectivity index (χ4v) is 1.94. The second-order valence-corrected chi connectivity index (χ2v) is 5.09. The Morgan fingerprint density at radius 1 is 0.545 bits per heavy atom. The normalized spacial score (nSPS) is 9.36. The quantitative estimate of drug-likeness (QED) is 0.714. The van der Waals surface area contributed by atoms with Gasteiger partial charge >= 0.3 is 0 Å². The second-order valence-electron chi connectivity index (χ2n) is 5.09. The van der Waals surface area contributed by atoms with Gasteiger partial charge < -0.3 is 10.2 Å². The first-order valence-electron chi connectivity index (χ1n) is 7.35. The molecule has 3 rings (SSSR count). The van der Waals surface area contributed by atoms with Gasteiger partial charge in [-0.05, 0) is 36.4 Å². The minimum absolute atomic E-state index is 1.12. The van der Waals surface area contributed by atoms with Crippen LogP contribution in [-0.4, -0.2) is 14.1 Å². The minimum atomic E-state index is 1.12. The Labute approximate surface area is 133 Å². The minimum Gasteiger partial charge on any atom is -0.378 e. The number of nitrogens with zero attached hydrogens (tertiary/aromatic N) is 1. The summed E-state index contributed by atoms with van der Waals surface area (Å²) in [6.07, 6.45) is 0. The number of rotatable bonds is 3. The first-order chi connectivity index (χ1) is 10.8. The van der Waals surface area contributed by atoms with Crippen LogP contribution in [0.5, 0.6) is 0 Å². The van der Waals surface area contributed by atoms with E-state index in [1.54, 1.807) is 0 Å². The molecule has 0 spiro atoms. The zero-order valence-electron chi connectivity index (χ0n) is 13.1. The molecule has 0 fully saturated rings. The fourth-order valence-electron chi connectivity index (χ4n) is 1.94. The van der Waals surface area contributed by atoms with Crippen LogP contribution in [0.2, 0.25) is 0 Å². The Balaban J connectivity index is 0.000000172. The van der Waals surface area contributed by atoms with E-state index < -0.39 is 0 Å². The molecule has 112 valence electrons. The van der Waals surface area contributed by atoms with Crippen molar-refractivity contribution in [1.82, 2.24) is 0 Å². The summed E-state index contributed by atoms with van der Waals surface area (Å²) in [5.74, 6) is 0. The lowest BCUT2D eigenvalue weighted by Crippen LogP contribution is -2.07. The summed E-state index contributed by atoms with van der Waals surface area (Å²) in [5.41, 5.74) is 3.49. The molecule has 2 nitrogen and oxygen atoms in total. The molecule has 2 heteroatoms. The van der Waals surface area contributed by atoms with E-state index >= 15 is 0 Å². The van der Waals surface area contributed by atoms with Gasteiger partial charge in [0, 0.05) is 31.2 Å². The van der Waals surface area contributed by atoms with Gasteiger partial charge in [0.25, 0.3) is 0 Å². The van der Waals surface area contributed by atoms with E-state index in [4.69, 9.17) is 0 Å². The maximum absolute atomic E-state index is 3.30. The van der Waals surface area contributed by atoms with Crippen LogP contribution in [0.1, 0.15) is 0 Å². The number of anilines is 3. The molecule has 0 aliphatic heterocycles. The van der Waals surface area contributed by atoms with E-state index in [1.165, 1.54) is 5.69 Å². The molecule has 0 aliphatic rings. The lowest BCUT2D eigenvalue weighted by molar-refractivity contribution is 1.13. The maximum atomic E-state index is 3.30. The van der Waals surface area contributed by atoms with Crippen LogP contribution >= 0.6 is 0 Å². The van der Waals surface area contributed by atoms with Crippen LogP contribution in [0.15, 0.2) is 91.0 Å². The van der Waals surface area contributed by atoms with E-state index in [2.05, 4.69) is 22.3 Å². The zero-order valence-corrected chi connectivity index (χ0v) is 13.1. The van der Waals surface area contributed by atoms with Gasteiger partial charge in [0.15, 0.2) is 0 Å². The van der Waals surface area contributed by atoms with Crippen molar-refractivity contribution in [2.24, 2.45) is 0 Å². The third kappa shape index (κ3) is 5.33. The largest absolute Gasteiger partial charge is 0.378 e. The zero-order chi connectivity index (χ0) is 15.6. The molecule has 0 aromatic heterocycles. The predicted octanol–water partition coefficient (Wildman–Crippen LogP) is 5.18. The monoisotopic (exact) mass is 290 g/mol. The number of hydrogen-bond donors (Lipinski definition) is 1. The summed E-state index contributed by atoms with van der Waals surface area (Å²) in [4.78, 5) is 2.08. The molecular weight excluding hydrogens is 268 g/mol.